The molecule has 3 heterocycles. The standard InChI is InChI=1S/C19H21ClFN3O3/c1-11(2)9-22-14-7-12(13(21)8-15(14)27-10-16(22)25)17-18(20)23-5-3-4-6-24(23)19(17)26/h7-8,11H,3-6,9-10H2,1-2H3. The van der Waals surface area contributed by atoms with Crippen molar-refractivity contribution in [1.82, 2.24) is 9.36 Å². The quantitative estimate of drug-likeness (QED) is 0.804. The molecule has 0 spiro atoms. The third kappa shape index (κ3) is 2.94. The zero-order valence-electron chi connectivity index (χ0n) is 15.3. The van der Waals surface area contributed by atoms with Crippen molar-refractivity contribution >= 4 is 23.2 Å². The van der Waals surface area contributed by atoms with Gasteiger partial charge in [0.2, 0.25) is 0 Å². The van der Waals surface area contributed by atoms with Crippen LogP contribution in [0.15, 0.2) is 16.9 Å². The van der Waals surface area contributed by atoms with Crippen LogP contribution < -0.4 is 15.2 Å². The number of amides is 1. The summed E-state index contributed by atoms with van der Waals surface area (Å²) in [6, 6.07) is 2.75. The summed E-state index contributed by atoms with van der Waals surface area (Å²) in [5.41, 5.74) is 0.407. The first-order valence-electron chi connectivity index (χ1n) is 9.14. The molecule has 1 amide bonds. The normalized spacial score (nSPS) is 16.3. The smallest absolute Gasteiger partial charge is 0.276 e. The van der Waals surface area contributed by atoms with Gasteiger partial charge in [-0.25, -0.2) is 9.07 Å². The molecule has 1 aromatic heterocycles. The number of anilines is 1. The highest BCUT2D eigenvalue weighted by molar-refractivity contribution is 6.32. The highest BCUT2D eigenvalue weighted by Crippen LogP contribution is 2.39. The molecular formula is C19H21ClFN3O3. The SMILES string of the molecule is CC(C)CN1C(=O)COc2cc(F)c(-c3c(Cl)n4n(c3=O)CCCC4)cc21. The van der Waals surface area contributed by atoms with Gasteiger partial charge in [-0.2, -0.15) is 0 Å². The minimum absolute atomic E-state index is 0.102. The van der Waals surface area contributed by atoms with Crippen LogP contribution in [0.25, 0.3) is 11.1 Å². The average molecular weight is 394 g/mol. The molecule has 0 fully saturated rings. The van der Waals surface area contributed by atoms with Crippen molar-refractivity contribution in [2.45, 2.75) is 39.8 Å². The van der Waals surface area contributed by atoms with E-state index in [4.69, 9.17) is 16.3 Å². The number of halogens is 2. The molecule has 2 aliphatic heterocycles. The van der Waals surface area contributed by atoms with Crippen molar-refractivity contribution in [3.05, 3.63) is 33.5 Å². The number of hydrogen-bond acceptors (Lipinski definition) is 3. The van der Waals surface area contributed by atoms with Gasteiger partial charge in [-0.3, -0.25) is 14.3 Å². The third-order valence-corrected chi connectivity index (χ3v) is 5.36. The van der Waals surface area contributed by atoms with Crippen LogP contribution >= 0.6 is 11.6 Å². The number of hydrogen-bond donors (Lipinski definition) is 0. The largest absolute Gasteiger partial charge is 0.481 e. The van der Waals surface area contributed by atoms with Gasteiger partial charge in [0, 0.05) is 31.3 Å². The first-order chi connectivity index (χ1) is 12.9. The Morgan fingerprint density at radius 2 is 1.89 bits per heavy atom. The van der Waals surface area contributed by atoms with E-state index in [1.165, 1.54) is 12.1 Å². The van der Waals surface area contributed by atoms with Crippen molar-refractivity contribution < 1.29 is 13.9 Å². The fourth-order valence-corrected chi connectivity index (χ4v) is 4.09. The van der Waals surface area contributed by atoms with Gasteiger partial charge < -0.3 is 9.64 Å². The molecule has 0 unspecified atom stereocenters. The highest BCUT2D eigenvalue weighted by Gasteiger charge is 2.30. The summed E-state index contributed by atoms with van der Waals surface area (Å²) in [5, 5.41) is 0.233. The first kappa shape index (κ1) is 18.1. The van der Waals surface area contributed by atoms with Crippen LogP contribution in [-0.4, -0.2) is 28.4 Å². The van der Waals surface area contributed by atoms with Crippen molar-refractivity contribution in [3.8, 4) is 16.9 Å². The Morgan fingerprint density at radius 3 is 2.56 bits per heavy atom. The van der Waals surface area contributed by atoms with E-state index in [9.17, 15) is 14.0 Å². The molecule has 1 aromatic carbocycles. The molecule has 27 heavy (non-hydrogen) atoms. The fourth-order valence-electron chi connectivity index (χ4n) is 3.73. The predicted molar refractivity (Wildman–Crippen MR) is 101 cm³/mol. The molecule has 0 saturated heterocycles. The van der Waals surface area contributed by atoms with E-state index in [1.54, 1.807) is 14.3 Å². The van der Waals surface area contributed by atoms with Crippen LogP contribution in [0.3, 0.4) is 0 Å². The van der Waals surface area contributed by atoms with Crippen molar-refractivity contribution in [3.63, 3.8) is 0 Å². The second kappa shape index (κ2) is 6.71. The monoisotopic (exact) mass is 393 g/mol. The summed E-state index contributed by atoms with van der Waals surface area (Å²) < 4.78 is 23.5. The lowest BCUT2D eigenvalue weighted by Crippen LogP contribution is -2.41. The number of rotatable bonds is 3. The second-order valence-corrected chi connectivity index (χ2v) is 7.77. The van der Waals surface area contributed by atoms with E-state index in [-0.39, 0.29) is 40.3 Å². The van der Waals surface area contributed by atoms with Gasteiger partial charge in [0.1, 0.15) is 16.7 Å². The van der Waals surface area contributed by atoms with Gasteiger partial charge in [-0.05, 0) is 24.8 Å². The van der Waals surface area contributed by atoms with Gasteiger partial charge >= 0.3 is 0 Å². The summed E-state index contributed by atoms with van der Waals surface area (Å²) >= 11 is 6.45. The number of carbonyl (C=O) groups excluding carboxylic acids is 1. The second-order valence-electron chi connectivity index (χ2n) is 7.41. The number of carbonyl (C=O) groups is 1. The van der Waals surface area contributed by atoms with Crippen molar-refractivity contribution in [2.75, 3.05) is 18.1 Å². The number of ether oxygens (including phenoxy) is 1. The maximum absolute atomic E-state index is 14.9. The number of aromatic nitrogens is 2. The predicted octanol–water partition coefficient (Wildman–Crippen LogP) is 3.28. The molecule has 0 saturated carbocycles. The lowest BCUT2D eigenvalue weighted by molar-refractivity contribution is -0.121. The molecule has 2 aliphatic rings. The Hall–Kier alpha value is -2.28. The van der Waals surface area contributed by atoms with E-state index >= 15 is 0 Å². The molecule has 0 aliphatic carbocycles. The van der Waals surface area contributed by atoms with Gasteiger partial charge in [-0.1, -0.05) is 25.4 Å². The summed E-state index contributed by atoms with van der Waals surface area (Å²) in [4.78, 5) is 26.8. The molecule has 8 heteroatoms. The van der Waals surface area contributed by atoms with E-state index in [2.05, 4.69) is 0 Å². The summed E-state index contributed by atoms with van der Waals surface area (Å²) in [7, 11) is 0. The molecular weight excluding hydrogens is 373 g/mol. The van der Waals surface area contributed by atoms with Crippen LogP contribution in [0.5, 0.6) is 5.75 Å². The molecule has 0 N–H and O–H groups in total. The Balaban J connectivity index is 1.89. The van der Waals surface area contributed by atoms with Gasteiger partial charge in [-0.15, -0.1) is 0 Å². The lowest BCUT2D eigenvalue weighted by Gasteiger charge is -2.31. The first-order valence-corrected chi connectivity index (χ1v) is 9.52. The zero-order chi connectivity index (χ0) is 19.3. The Kier molecular flexibility index (Phi) is 4.50. The van der Waals surface area contributed by atoms with Gasteiger partial charge in [0.05, 0.1) is 11.3 Å². The fraction of sp³-hybridized carbons (Fsp3) is 0.474. The lowest BCUT2D eigenvalue weighted by atomic mass is 10.0. The molecule has 0 bridgehead atoms. The van der Waals surface area contributed by atoms with E-state index in [0.29, 0.717) is 31.1 Å². The van der Waals surface area contributed by atoms with Crippen LogP contribution in [0, 0.1) is 11.7 Å². The highest BCUT2D eigenvalue weighted by atomic mass is 35.5. The van der Waals surface area contributed by atoms with E-state index in [1.807, 2.05) is 13.8 Å². The molecule has 4 rings (SSSR count). The summed E-state index contributed by atoms with van der Waals surface area (Å²) in [6.07, 6.45) is 1.81. The van der Waals surface area contributed by atoms with Crippen LogP contribution in [0.1, 0.15) is 26.7 Å². The van der Waals surface area contributed by atoms with Gasteiger partial charge in [0.25, 0.3) is 11.5 Å². The number of nitrogens with zero attached hydrogens (tertiary/aromatic N) is 3. The maximum Gasteiger partial charge on any atom is 0.276 e. The number of fused-ring (bicyclic) bond motifs is 2. The van der Waals surface area contributed by atoms with Crippen LogP contribution in [-0.2, 0) is 17.9 Å². The summed E-state index contributed by atoms with van der Waals surface area (Å²) in [5.74, 6) is -0.246. The van der Waals surface area contributed by atoms with Crippen molar-refractivity contribution in [1.29, 1.82) is 0 Å². The van der Waals surface area contributed by atoms with E-state index < -0.39 is 5.82 Å². The summed E-state index contributed by atoms with van der Waals surface area (Å²) in [6.45, 7) is 5.55. The average Bonchev–Trinajstić information content (AvgIpc) is 2.88. The third-order valence-electron chi connectivity index (χ3n) is 4.97. The Labute approximate surface area is 161 Å². The Morgan fingerprint density at radius 1 is 1.19 bits per heavy atom. The number of benzene rings is 1. The van der Waals surface area contributed by atoms with Crippen molar-refractivity contribution in [2.24, 2.45) is 5.92 Å². The Bertz CT molecular complexity index is 980. The molecule has 0 atom stereocenters. The molecule has 144 valence electrons. The molecule has 6 nitrogen and oxygen atoms in total. The maximum atomic E-state index is 14.9. The molecule has 0 radical (unpaired) electrons. The molecule has 2 aromatic rings. The van der Waals surface area contributed by atoms with E-state index in [0.717, 1.165) is 12.8 Å². The zero-order valence-corrected chi connectivity index (χ0v) is 16.1. The minimum atomic E-state index is -0.588. The van der Waals surface area contributed by atoms with Crippen LogP contribution in [0.4, 0.5) is 10.1 Å². The topological polar surface area (TPSA) is 56.5 Å². The van der Waals surface area contributed by atoms with Gasteiger partial charge in [0.15, 0.2) is 6.61 Å². The van der Waals surface area contributed by atoms with Crippen LogP contribution in [0.2, 0.25) is 5.15 Å². The minimum Gasteiger partial charge on any atom is -0.481 e.